The molecule has 2 aliphatic carbocycles. The number of hydrogen-bond acceptors (Lipinski definition) is 18. The molecular weight excluding hydrogens is 732 g/mol. The van der Waals surface area contributed by atoms with Gasteiger partial charge >= 0.3 is 6.09 Å². The summed E-state index contributed by atoms with van der Waals surface area (Å²) in [6.45, 7) is -0.254. The van der Waals surface area contributed by atoms with E-state index in [-0.39, 0.29) is 65.7 Å². The smallest absolute Gasteiger partial charge is 0.412 e. The van der Waals surface area contributed by atoms with Crippen molar-refractivity contribution in [3.8, 4) is 17.2 Å². The number of hydrogen-bond donors (Lipinski definition) is 6. The summed E-state index contributed by atoms with van der Waals surface area (Å²) < 4.78 is 36.0. The monoisotopic (exact) mass is 770 g/mol. The Morgan fingerprint density at radius 3 is 2.55 bits per heavy atom. The third kappa shape index (κ3) is 6.35. The number of carbonyl (C=O) groups is 4. The molecule has 2 aromatic carbocycles. The average Bonchev–Trinajstić information content (AvgIpc) is 3.39. The highest BCUT2D eigenvalue weighted by Gasteiger charge is 2.51. The van der Waals surface area contributed by atoms with E-state index >= 15 is 0 Å². The van der Waals surface area contributed by atoms with E-state index < -0.39 is 102 Å². The maximum Gasteiger partial charge on any atom is 0.412 e. The molecule has 20 heteroatoms. The first kappa shape index (κ1) is 38.1. The number of amides is 1. The predicted molar refractivity (Wildman–Crippen MR) is 179 cm³/mol. The van der Waals surface area contributed by atoms with Crippen molar-refractivity contribution in [3.63, 3.8) is 0 Å². The molecule has 0 bridgehead atoms. The van der Waals surface area contributed by atoms with E-state index in [2.05, 4.69) is 4.98 Å². The molecule has 55 heavy (non-hydrogen) atoms. The van der Waals surface area contributed by atoms with E-state index in [1.807, 2.05) is 0 Å². The fourth-order valence-electron chi connectivity index (χ4n) is 7.75. The van der Waals surface area contributed by atoms with Gasteiger partial charge in [0.1, 0.15) is 55.7 Å². The number of ketones is 3. The molecule has 1 amide bonds. The summed E-state index contributed by atoms with van der Waals surface area (Å²) in [6, 6.07) is 3.47. The lowest BCUT2D eigenvalue weighted by Gasteiger charge is -2.44. The summed E-state index contributed by atoms with van der Waals surface area (Å²) in [5.74, 6) is -4.35. The third-order valence-electron chi connectivity index (χ3n) is 10.5. The minimum absolute atomic E-state index is 0.0534. The Bertz CT molecular complexity index is 2070. The summed E-state index contributed by atoms with van der Waals surface area (Å²) >= 11 is 0. The van der Waals surface area contributed by atoms with E-state index in [1.54, 1.807) is 6.92 Å². The number of anilines is 1. The van der Waals surface area contributed by atoms with Crippen LogP contribution in [0, 0.1) is 0 Å². The molecule has 0 saturated carbocycles. The fourth-order valence-corrected chi connectivity index (χ4v) is 7.75. The standard InChI is InChI=1S/C35H38N4O16/c1-15-32-19(38(13-51-14-53-32)34(46)52-12-16-10-36-33(37(16)2)39(48)49)7-23(54-15)55-21-9-35(47,22(41)11-40)8-18-25(21)31(45)27-26(29(18)43)28(42)17-5-4-6-20(50-3)24(17)30(27)44/h4-6,10,15,19,21,23,32,40,43,45,47-49H,7-9,11-14H2,1-3H3. The number of phenolic OH excluding ortho intramolecular Hbond substituents is 2. The average molecular weight is 771 g/mol. The van der Waals surface area contributed by atoms with Crippen LogP contribution in [-0.4, -0.2) is 126 Å². The molecule has 1 aromatic heterocycles. The summed E-state index contributed by atoms with van der Waals surface area (Å²) in [7, 11) is 2.78. The van der Waals surface area contributed by atoms with Gasteiger partial charge < -0.3 is 53.4 Å². The predicted octanol–water partition coefficient (Wildman–Crippen LogP) is 0.969. The van der Waals surface area contributed by atoms with Gasteiger partial charge in [-0.05, 0) is 13.0 Å². The molecule has 294 valence electrons. The largest absolute Gasteiger partial charge is 0.507 e. The number of benzene rings is 2. The second kappa shape index (κ2) is 14.5. The number of aliphatic hydroxyl groups is 2. The number of Topliss-reactive ketones (excluding diaryl/α,β-unsaturated/α-hetero) is 1. The Morgan fingerprint density at radius 1 is 1.11 bits per heavy atom. The van der Waals surface area contributed by atoms with E-state index in [0.29, 0.717) is 5.69 Å². The van der Waals surface area contributed by atoms with Crippen LogP contribution in [0.4, 0.5) is 10.7 Å². The Morgan fingerprint density at radius 2 is 1.85 bits per heavy atom. The molecule has 6 unspecified atom stereocenters. The van der Waals surface area contributed by atoms with Crippen molar-refractivity contribution in [1.82, 2.24) is 14.5 Å². The molecule has 3 aromatic rings. The van der Waals surface area contributed by atoms with Crippen molar-refractivity contribution in [3.05, 3.63) is 63.5 Å². The first-order valence-electron chi connectivity index (χ1n) is 17.1. The van der Waals surface area contributed by atoms with E-state index in [0.717, 1.165) is 0 Å². The van der Waals surface area contributed by atoms with Gasteiger partial charge in [-0.15, -0.1) is 0 Å². The topological polar surface area (TPSA) is 269 Å². The van der Waals surface area contributed by atoms with E-state index in [1.165, 1.54) is 48.0 Å². The van der Waals surface area contributed by atoms with E-state index in [4.69, 9.17) is 28.4 Å². The molecule has 2 saturated heterocycles. The number of phenols is 2. The zero-order chi connectivity index (χ0) is 39.5. The Hall–Kier alpha value is -5.19. The number of ether oxygens (including phenoxy) is 6. The number of aliphatic hydroxyl groups excluding tert-OH is 1. The second-order valence-corrected chi connectivity index (χ2v) is 13.6. The van der Waals surface area contributed by atoms with Crippen molar-refractivity contribution >= 4 is 29.4 Å². The summed E-state index contributed by atoms with van der Waals surface area (Å²) in [4.78, 5) is 59.4. The molecule has 20 nitrogen and oxygen atoms in total. The van der Waals surface area contributed by atoms with Gasteiger partial charge in [-0.2, -0.15) is 0 Å². The van der Waals surface area contributed by atoms with Crippen LogP contribution >= 0.6 is 0 Å². The Balaban J connectivity index is 1.22. The molecule has 2 fully saturated rings. The van der Waals surface area contributed by atoms with Gasteiger partial charge in [0.15, 0.2) is 17.9 Å². The number of methoxy groups -OCH3 is 1. The molecule has 0 radical (unpaired) electrons. The Kier molecular flexibility index (Phi) is 10.0. The van der Waals surface area contributed by atoms with Gasteiger partial charge in [-0.25, -0.2) is 9.78 Å². The fraction of sp³-hybridized carbons (Fsp3) is 0.457. The minimum atomic E-state index is -2.36. The van der Waals surface area contributed by atoms with Crippen LogP contribution in [0.5, 0.6) is 17.2 Å². The number of imidazole rings is 1. The van der Waals surface area contributed by atoms with Crippen LogP contribution in [0.25, 0.3) is 0 Å². The number of aromatic nitrogens is 2. The van der Waals surface area contributed by atoms with Gasteiger partial charge in [0, 0.05) is 43.0 Å². The summed E-state index contributed by atoms with van der Waals surface area (Å²) in [5, 5.41) is 63.4. The number of rotatable bonds is 8. The molecule has 0 spiro atoms. The molecule has 6 atom stereocenters. The first-order valence-corrected chi connectivity index (χ1v) is 17.1. The van der Waals surface area contributed by atoms with Crippen LogP contribution in [0.15, 0.2) is 24.4 Å². The number of aromatic hydroxyl groups is 2. The molecule has 4 aliphatic rings. The van der Waals surface area contributed by atoms with Gasteiger partial charge in [-0.1, -0.05) is 17.4 Å². The number of nitrogens with zero attached hydrogens (tertiary/aromatic N) is 4. The van der Waals surface area contributed by atoms with Crippen molar-refractivity contribution in [2.75, 3.05) is 32.5 Å². The number of carbonyl (C=O) groups excluding carboxylic acids is 4. The molecular formula is C35H38N4O16. The van der Waals surface area contributed by atoms with E-state index in [9.17, 15) is 50.0 Å². The lowest BCUT2D eigenvalue weighted by molar-refractivity contribution is -0.261. The second-order valence-electron chi connectivity index (χ2n) is 13.6. The van der Waals surface area contributed by atoms with Gasteiger partial charge in [0.25, 0.3) is 5.95 Å². The van der Waals surface area contributed by atoms with Crippen molar-refractivity contribution < 1.29 is 78.4 Å². The molecule has 2 aliphatic heterocycles. The summed E-state index contributed by atoms with van der Waals surface area (Å²) in [5.41, 5.74) is -3.80. The maximum absolute atomic E-state index is 14.0. The SMILES string of the molecule is COc1cccc2c1C(=O)c1c(O)c3c(c(O)c1C2=O)CC(O)(C(=O)CO)CC3OC1CC2C(OCOCN2C(=O)OCc2cnc(N(O)O)n2C)C(C)O1. The molecule has 6 N–H and O–H groups in total. The van der Waals surface area contributed by atoms with Crippen LogP contribution in [0.2, 0.25) is 0 Å². The highest BCUT2D eigenvalue weighted by atomic mass is 16.8. The normalized spacial score (nSPS) is 25.9. The highest BCUT2D eigenvalue weighted by molar-refractivity contribution is 6.31. The maximum atomic E-state index is 14.0. The van der Waals surface area contributed by atoms with Crippen LogP contribution in [0.3, 0.4) is 0 Å². The van der Waals surface area contributed by atoms with Gasteiger partial charge in [0.2, 0.25) is 5.78 Å². The lowest BCUT2D eigenvalue weighted by atomic mass is 9.72. The third-order valence-corrected chi connectivity index (χ3v) is 10.5. The quantitative estimate of drug-likeness (QED) is 0.108. The van der Waals surface area contributed by atoms with Crippen molar-refractivity contribution in [1.29, 1.82) is 0 Å². The molecule has 3 heterocycles. The molecule has 7 rings (SSSR count). The van der Waals surface area contributed by atoms with Gasteiger partial charge in [-0.3, -0.25) is 29.7 Å². The van der Waals surface area contributed by atoms with Crippen LogP contribution < -0.4 is 9.96 Å². The van der Waals surface area contributed by atoms with Crippen molar-refractivity contribution in [2.24, 2.45) is 7.05 Å². The van der Waals surface area contributed by atoms with Crippen molar-refractivity contribution in [2.45, 2.75) is 69.0 Å². The van der Waals surface area contributed by atoms with Gasteiger partial charge in [0.05, 0.1) is 53.9 Å². The Labute approximate surface area is 311 Å². The zero-order valence-electron chi connectivity index (χ0n) is 29.7. The minimum Gasteiger partial charge on any atom is -0.507 e. The highest BCUT2D eigenvalue weighted by Crippen LogP contribution is 2.52. The number of fused-ring (bicyclic) bond motifs is 4. The first-order chi connectivity index (χ1) is 26.2. The van der Waals surface area contributed by atoms with Crippen LogP contribution in [-0.2, 0) is 48.6 Å². The van der Waals surface area contributed by atoms with Crippen LogP contribution in [0.1, 0.15) is 74.5 Å². The lowest BCUT2D eigenvalue weighted by Crippen LogP contribution is -2.57. The summed E-state index contributed by atoms with van der Waals surface area (Å²) in [6.07, 6.45) is -5.21. The zero-order valence-corrected chi connectivity index (χ0v) is 29.7.